The van der Waals surface area contributed by atoms with Gasteiger partial charge in [0.1, 0.15) is 0 Å². The van der Waals surface area contributed by atoms with Crippen LogP contribution >= 0.6 is 23.1 Å². The van der Waals surface area contributed by atoms with Crippen molar-refractivity contribution in [3.05, 3.63) is 36.7 Å². The Morgan fingerprint density at radius 3 is 2.95 bits per heavy atom. The molecule has 2 aromatic heterocycles. The number of aryl methyl sites for hydroxylation is 1. The first kappa shape index (κ1) is 14.1. The van der Waals surface area contributed by atoms with E-state index in [-0.39, 0.29) is 11.2 Å². The van der Waals surface area contributed by atoms with E-state index in [2.05, 4.69) is 15.3 Å². The Kier molecular flexibility index (Phi) is 3.94. The molecule has 0 saturated carbocycles. The van der Waals surface area contributed by atoms with Crippen molar-refractivity contribution in [2.45, 2.75) is 17.3 Å². The highest BCUT2D eigenvalue weighted by molar-refractivity contribution is 8.00. The molecule has 0 fully saturated rings. The van der Waals surface area contributed by atoms with Crippen LogP contribution in [0.3, 0.4) is 0 Å². The number of hydrogen-bond acceptors (Lipinski definition) is 5. The van der Waals surface area contributed by atoms with Crippen molar-refractivity contribution in [2.75, 3.05) is 5.32 Å². The molecule has 0 spiro atoms. The fourth-order valence-electron chi connectivity index (χ4n) is 1.81. The summed E-state index contributed by atoms with van der Waals surface area (Å²) in [5.41, 5.74) is 0.905. The number of fused-ring (bicyclic) bond motifs is 1. The molecule has 7 heteroatoms. The summed E-state index contributed by atoms with van der Waals surface area (Å²) in [6.07, 6.45) is 3.58. The van der Waals surface area contributed by atoms with Gasteiger partial charge in [0.25, 0.3) is 0 Å². The number of hydrogen-bond donors (Lipinski definition) is 1. The number of rotatable bonds is 4. The maximum atomic E-state index is 12.2. The van der Waals surface area contributed by atoms with Crippen LogP contribution in [-0.4, -0.2) is 25.7 Å². The van der Waals surface area contributed by atoms with Crippen molar-refractivity contribution in [1.29, 1.82) is 0 Å². The average molecular weight is 318 g/mol. The second-order valence-electron chi connectivity index (χ2n) is 4.56. The van der Waals surface area contributed by atoms with Crippen LogP contribution in [0, 0.1) is 0 Å². The van der Waals surface area contributed by atoms with Crippen molar-refractivity contribution in [3.63, 3.8) is 0 Å². The molecule has 0 radical (unpaired) electrons. The van der Waals surface area contributed by atoms with Gasteiger partial charge in [-0.05, 0) is 19.1 Å². The van der Waals surface area contributed by atoms with Crippen LogP contribution in [0.2, 0.25) is 0 Å². The molecule has 2 heterocycles. The number of nitrogens with one attached hydrogen (secondary N) is 1. The van der Waals surface area contributed by atoms with Gasteiger partial charge in [0.05, 0.1) is 15.5 Å². The number of aromatic nitrogens is 3. The number of benzene rings is 1. The van der Waals surface area contributed by atoms with Crippen molar-refractivity contribution >= 4 is 44.4 Å². The van der Waals surface area contributed by atoms with Crippen molar-refractivity contribution in [3.8, 4) is 0 Å². The van der Waals surface area contributed by atoms with Crippen LogP contribution in [-0.2, 0) is 11.8 Å². The van der Waals surface area contributed by atoms with Crippen LogP contribution < -0.4 is 5.32 Å². The zero-order valence-corrected chi connectivity index (χ0v) is 13.2. The Morgan fingerprint density at radius 1 is 1.43 bits per heavy atom. The molecule has 1 N–H and O–H groups in total. The summed E-state index contributed by atoms with van der Waals surface area (Å²) in [7, 11) is 1.91. The summed E-state index contributed by atoms with van der Waals surface area (Å²) < 4.78 is 2.96. The Morgan fingerprint density at radius 2 is 2.24 bits per heavy atom. The quantitative estimate of drug-likeness (QED) is 0.751. The molecule has 108 valence electrons. The van der Waals surface area contributed by atoms with E-state index < -0.39 is 0 Å². The first-order valence-corrected chi connectivity index (χ1v) is 8.13. The Hall–Kier alpha value is -1.86. The van der Waals surface area contributed by atoms with E-state index >= 15 is 0 Å². The van der Waals surface area contributed by atoms with Crippen molar-refractivity contribution < 1.29 is 4.79 Å². The maximum Gasteiger partial charge on any atom is 0.239 e. The smallest absolute Gasteiger partial charge is 0.239 e. The van der Waals surface area contributed by atoms with Crippen LogP contribution in [0.1, 0.15) is 6.92 Å². The van der Waals surface area contributed by atoms with Crippen molar-refractivity contribution in [1.82, 2.24) is 14.5 Å². The lowest BCUT2D eigenvalue weighted by atomic mass is 10.3. The molecule has 0 aliphatic rings. The average Bonchev–Trinajstić information content (AvgIpc) is 3.04. The molecule has 5 nitrogen and oxygen atoms in total. The highest BCUT2D eigenvalue weighted by Crippen LogP contribution is 2.27. The lowest BCUT2D eigenvalue weighted by Crippen LogP contribution is -2.22. The van der Waals surface area contributed by atoms with Gasteiger partial charge in [0.15, 0.2) is 10.3 Å². The number of thiazole rings is 1. The Labute approximate surface area is 130 Å². The molecule has 0 bridgehead atoms. The predicted molar refractivity (Wildman–Crippen MR) is 86.8 cm³/mol. The number of carbonyl (C=O) groups is 1. The van der Waals surface area contributed by atoms with Crippen LogP contribution in [0.5, 0.6) is 0 Å². The number of anilines is 1. The van der Waals surface area contributed by atoms with Crippen LogP contribution in [0.25, 0.3) is 10.2 Å². The molecule has 3 aromatic rings. The summed E-state index contributed by atoms with van der Waals surface area (Å²) in [4.78, 5) is 20.8. The van der Waals surface area contributed by atoms with Gasteiger partial charge in [-0.1, -0.05) is 35.2 Å². The predicted octanol–water partition coefficient (Wildman–Crippen LogP) is 3.15. The Balaban J connectivity index is 1.69. The molecule has 21 heavy (non-hydrogen) atoms. The van der Waals surface area contributed by atoms with Gasteiger partial charge in [0, 0.05) is 19.4 Å². The summed E-state index contributed by atoms with van der Waals surface area (Å²) in [6.45, 7) is 1.86. The summed E-state index contributed by atoms with van der Waals surface area (Å²) in [6, 6.07) is 7.83. The van der Waals surface area contributed by atoms with Gasteiger partial charge in [-0.2, -0.15) is 0 Å². The summed E-state index contributed by atoms with van der Waals surface area (Å²) >= 11 is 2.91. The second kappa shape index (κ2) is 5.87. The Bertz CT molecular complexity index is 747. The number of para-hydroxylation sites is 1. The van der Waals surface area contributed by atoms with Gasteiger partial charge in [-0.25, -0.2) is 9.97 Å². The molecule has 0 unspecified atom stereocenters. The van der Waals surface area contributed by atoms with E-state index in [1.165, 1.54) is 23.1 Å². The molecule has 3 rings (SSSR count). The number of nitrogens with zero attached hydrogens (tertiary/aromatic N) is 3. The highest BCUT2D eigenvalue weighted by Gasteiger charge is 2.18. The molecule has 0 saturated heterocycles. The minimum Gasteiger partial charge on any atom is -0.329 e. The maximum absolute atomic E-state index is 12.2. The van der Waals surface area contributed by atoms with E-state index in [1.54, 1.807) is 6.20 Å². The van der Waals surface area contributed by atoms with Crippen LogP contribution in [0.15, 0.2) is 41.8 Å². The third kappa shape index (κ3) is 3.08. The number of imidazole rings is 1. The summed E-state index contributed by atoms with van der Waals surface area (Å²) in [5.74, 6) is -0.0675. The topological polar surface area (TPSA) is 59.8 Å². The van der Waals surface area contributed by atoms with E-state index in [9.17, 15) is 4.79 Å². The van der Waals surface area contributed by atoms with E-state index in [0.717, 1.165) is 15.4 Å². The molecular formula is C14H14N4OS2. The van der Waals surface area contributed by atoms with Crippen LogP contribution in [0.4, 0.5) is 5.13 Å². The van der Waals surface area contributed by atoms with E-state index in [0.29, 0.717) is 5.13 Å². The molecule has 1 atom stereocenters. The number of amides is 1. The molecule has 0 aliphatic heterocycles. The highest BCUT2D eigenvalue weighted by atomic mass is 32.2. The van der Waals surface area contributed by atoms with E-state index in [4.69, 9.17) is 0 Å². The lowest BCUT2D eigenvalue weighted by molar-refractivity contribution is -0.115. The van der Waals surface area contributed by atoms with Gasteiger partial charge >= 0.3 is 0 Å². The molecule has 1 aromatic carbocycles. The molecule has 1 amide bonds. The second-order valence-corrected chi connectivity index (χ2v) is 6.90. The summed E-state index contributed by atoms with van der Waals surface area (Å²) in [5, 5.41) is 4.09. The van der Waals surface area contributed by atoms with Gasteiger partial charge in [0.2, 0.25) is 5.91 Å². The number of carbonyl (C=O) groups excluding carboxylic acids is 1. The molecule has 0 aliphatic carbocycles. The SMILES string of the molecule is C[C@@H](Sc1nccn1C)C(=O)Nc1nc2ccccc2s1. The standard InChI is InChI=1S/C14H14N4OS2/c1-9(20-14-15-7-8-18(14)2)12(19)17-13-16-10-5-3-4-6-11(10)21-13/h3-9H,1-2H3,(H,16,17,19)/t9-/m1/s1. The third-order valence-electron chi connectivity index (χ3n) is 2.95. The first-order valence-electron chi connectivity index (χ1n) is 6.44. The number of thioether (sulfide) groups is 1. The first-order chi connectivity index (χ1) is 10.1. The monoisotopic (exact) mass is 318 g/mol. The van der Waals surface area contributed by atoms with Gasteiger partial charge < -0.3 is 9.88 Å². The minimum absolute atomic E-state index is 0.0675. The van der Waals surface area contributed by atoms with Gasteiger partial charge in [-0.15, -0.1) is 0 Å². The van der Waals surface area contributed by atoms with Gasteiger partial charge in [-0.3, -0.25) is 4.79 Å². The largest absolute Gasteiger partial charge is 0.329 e. The third-order valence-corrected chi connectivity index (χ3v) is 5.08. The normalized spacial score (nSPS) is 12.5. The van der Waals surface area contributed by atoms with Crippen molar-refractivity contribution in [2.24, 2.45) is 7.05 Å². The minimum atomic E-state index is -0.238. The fraction of sp³-hybridized carbons (Fsp3) is 0.214. The fourth-order valence-corrected chi connectivity index (χ4v) is 3.51. The zero-order valence-electron chi connectivity index (χ0n) is 11.6. The molecular weight excluding hydrogens is 304 g/mol. The van der Waals surface area contributed by atoms with E-state index in [1.807, 2.05) is 49.0 Å². The lowest BCUT2D eigenvalue weighted by Gasteiger charge is -2.09. The zero-order chi connectivity index (χ0) is 14.8.